The van der Waals surface area contributed by atoms with E-state index in [1.54, 1.807) is 12.1 Å². The molecule has 0 saturated carbocycles. The van der Waals surface area contributed by atoms with E-state index < -0.39 is 9.84 Å². The van der Waals surface area contributed by atoms with E-state index in [9.17, 15) is 13.2 Å². The number of hydrogen-bond acceptors (Lipinski definition) is 5. The van der Waals surface area contributed by atoms with Crippen molar-refractivity contribution in [2.75, 3.05) is 16.8 Å². The van der Waals surface area contributed by atoms with Crippen LogP contribution in [-0.4, -0.2) is 36.9 Å². The molecule has 1 aliphatic rings. The van der Waals surface area contributed by atoms with Crippen molar-refractivity contribution in [3.05, 3.63) is 53.2 Å². The lowest BCUT2D eigenvalue weighted by atomic mass is 10.1. The average Bonchev–Trinajstić information content (AvgIpc) is 2.90. The molecule has 25 heavy (non-hydrogen) atoms. The van der Waals surface area contributed by atoms with Crippen LogP contribution in [0.15, 0.2) is 36.5 Å². The molecule has 1 aliphatic heterocycles. The third-order valence-corrected chi connectivity index (χ3v) is 6.02. The van der Waals surface area contributed by atoms with Gasteiger partial charge in [-0.15, -0.1) is 0 Å². The molecule has 2 heterocycles. The molecule has 1 unspecified atom stereocenters. The molecule has 0 radical (unpaired) electrons. The van der Waals surface area contributed by atoms with Gasteiger partial charge in [0.05, 0.1) is 17.1 Å². The first-order valence-electron chi connectivity index (χ1n) is 8.14. The largest absolute Gasteiger partial charge is 0.348 e. The Hall–Kier alpha value is -2.41. The van der Waals surface area contributed by atoms with Gasteiger partial charge in [0.15, 0.2) is 9.84 Å². The number of aryl methyl sites for hydroxylation is 2. The van der Waals surface area contributed by atoms with Crippen LogP contribution in [0.4, 0.5) is 11.5 Å². The van der Waals surface area contributed by atoms with E-state index in [0.29, 0.717) is 17.8 Å². The molecular weight excluding hydrogens is 338 g/mol. The van der Waals surface area contributed by atoms with Crippen LogP contribution in [-0.2, 0) is 9.84 Å². The van der Waals surface area contributed by atoms with Crippen molar-refractivity contribution in [3.8, 4) is 0 Å². The zero-order valence-corrected chi connectivity index (χ0v) is 15.1. The smallest absolute Gasteiger partial charge is 0.253 e. The second kappa shape index (κ2) is 6.84. The Labute approximate surface area is 147 Å². The Morgan fingerprint density at radius 1 is 1.20 bits per heavy atom. The number of nitrogens with zero attached hydrogens (tertiary/aromatic N) is 1. The molecule has 7 heteroatoms. The number of anilines is 2. The Balaban J connectivity index is 1.65. The lowest BCUT2D eigenvalue weighted by Gasteiger charge is -2.12. The number of rotatable bonds is 4. The van der Waals surface area contributed by atoms with Crippen LogP contribution >= 0.6 is 0 Å². The lowest BCUT2D eigenvalue weighted by molar-refractivity contribution is 0.0941. The predicted octanol–water partition coefficient (Wildman–Crippen LogP) is 2.36. The lowest BCUT2D eigenvalue weighted by Crippen LogP contribution is -2.35. The molecule has 1 aromatic heterocycles. The van der Waals surface area contributed by atoms with Gasteiger partial charge < -0.3 is 10.6 Å². The molecule has 0 aliphatic carbocycles. The van der Waals surface area contributed by atoms with Gasteiger partial charge in [0.25, 0.3) is 5.91 Å². The highest BCUT2D eigenvalue weighted by atomic mass is 32.2. The van der Waals surface area contributed by atoms with Gasteiger partial charge in [0.2, 0.25) is 0 Å². The minimum absolute atomic E-state index is 0.0123. The third kappa shape index (κ3) is 4.36. The van der Waals surface area contributed by atoms with E-state index in [2.05, 4.69) is 15.6 Å². The summed E-state index contributed by atoms with van der Waals surface area (Å²) in [5.74, 6) is 0.495. The molecule has 2 N–H and O–H groups in total. The molecule has 132 valence electrons. The summed E-state index contributed by atoms with van der Waals surface area (Å²) >= 11 is 0. The minimum atomic E-state index is -3.01. The number of aromatic nitrogens is 1. The van der Waals surface area contributed by atoms with Crippen molar-refractivity contribution in [1.82, 2.24) is 10.3 Å². The Morgan fingerprint density at radius 2 is 2.00 bits per heavy atom. The first kappa shape index (κ1) is 17.4. The van der Waals surface area contributed by atoms with Crippen molar-refractivity contribution in [2.24, 2.45) is 0 Å². The van der Waals surface area contributed by atoms with Gasteiger partial charge in [0.1, 0.15) is 5.82 Å². The first-order chi connectivity index (χ1) is 11.8. The highest BCUT2D eigenvalue weighted by Crippen LogP contribution is 2.20. The molecule has 1 amide bonds. The molecule has 3 rings (SSSR count). The Morgan fingerprint density at radius 3 is 2.64 bits per heavy atom. The highest BCUT2D eigenvalue weighted by Gasteiger charge is 2.29. The number of amides is 1. The van der Waals surface area contributed by atoms with E-state index in [1.165, 1.54) is 6.20 Å². The van der Waals surface area contributed by atoms with Crippen LogP contribution in [0.5, 0.6) is 0 Å². The molecule has 1 atom stereocenters. The number of pyridine rings is 1. The zero-order chi connectivity index (χ0) is 18.0. The number of carbonyl (C=O) groups excluding carboxylic acids is 1. The fourth-order valence-electron chi connectivity index (χ4n) is 2.79. The van der Waals surface area contributed by atoms with Crippen LogP contribution in [0.1, 0.15) is 27.9 Å². The maximum Gasteiger partial charge on any atom is 0.253 e. The van der Waals surface area contributed by atoms with E-state index in [0.717, 1.165) is 16.8 Å². The molecular formula is C18H21N3O3S. The molecule has 0 spiro atoms. The SMILES string of the molecule is Cc1ccc(C)c(Nc2ccc(C(=O)NC3CCS(=O)(=O)C3)cn2)c1. The van der Waals surface area contributed by atoms with Crippen molar-refractivity contribution in [1.29, 1.82) is 0 Å². The summed E-state index contributed by atoms with van der Waals surface area (Å²) in [6.45, 7) is 4.04. The Kier molecular flexibility index (Phi) is 4.76. The monoisotopic (exact) mass is 359 g/mol. The standard InChI is InChI=1S/C18H21N3O3S/c1-12-3-4-13(2)16(9-12)21-17-6-5-14(10-19-17)18(22)20-15-7-8-25(23,24)11-15/h3-6,9-10,15H,7-8,11H2,1-2H3,(H,19,21)(H,20,22). The second-order valence-corrected chi connectivity index (χ2v) is 8.68. The zero-order valence-electron chi connectivity index (χ0n) is 14.2. The first-order valence-corrected chi connectivity index (χ1v) is 9.96. The predicted molar refractivity (Wildman–Crippen MR) is 98.0 cm³/mol. The van der Waals surface area contributed by atoms with Crippen molar-refractivity contribution >= 4 is 27.2 Å². The quantitative estimate of drug-likeness (QED) is 0.875. The molecule has 0 bridgehead atoms. The third-order valence-electron chi connectivity index (χ3n) is 4.25. The summed E-state index contributed by atoms with van der Waals surface area (Å²) in [6.07, 6.45) is 1.96. The molecule has 2 aromatic rings. The number of hydrogen-bond donors (Lipinski definition) is 2. The van der Waals surface area contributed by atoms with Crippen molar-refractivity contribution < 1.29 is 13.2 Å². The topological polar surface area (TPSA) is 88.2 Å². The van der Waals surface area contributed by atoms with Crippen LogP contribution in [0.2, 0.25) is 0 Å². The van der Waals surface area contributed by atoms with Crippen LogP contribution in [0.25, 0.3) is 0 Å². The number of benzene rings is 1. The van der Waals surface area contributed by atoms with Gasteiger partial charge in [0, 0.05) is 17.9 Å². The van der Waals surface area contributed by atoms with Crippen molar-refractivity contribution in [3.63, 3.8) is 0 Å². The van der Waals surface area contributed by atoms with Gasteiger partial charge in [-0.3, -0.25) is 4.79 Å². The summed E-state index contributed by atoms with van der Waals surface area (Å²) in [5, 5.41) is 6.00. The molecule has 1 aromatic carbocycles. The summed E-state index contributed by atoms with van der Waals surface area (Å²) in [7, 11) is -3.01. The van der Waals surface area contributed by atoms with Crippen LogP contribution in [0, 0.1) is 13.8 Å². The van der Waals surface area contributed by atoms with E-state index in [1.807, 2.05) is 32.0 Å². The van der Waals surface area contributed by atoms with Gasteiger partial charge in [-0.2, -0.15) is 0 Å². The summed E-state index contributed by atoms with van der Waals surface area (Å²) < 4.78 is 22.9. The Bertz CT molecular complexity index is 892. The van der Waals surface area contributed by atoms with Gasteiger partial charge in [-0.25, -0.2) is 13.4 Å². The normalized spacial score (nSPS) is 18.7. The maximum absolute atomic E-state index is 12.2. The number of nitrogens with one attached hydrogen (secondary N) is 2. The van der Waals surface area contributed by atoms with Crippen molar-refractivity contribution in [2.45, 2.75) is 26.3 Å². The molecule has 1 fully saturated rings. The summed E-state index contributed by atoms with van der Waals surface area (Å²) in [5.41, 5.74) is 3.64. The fraction of sp³-hybridized carbons (Fsp3) is 0.333. The average molecular weight is 359 g/mol. The van der Waals surface area contributed by atoms with Crippen LogP contribution in [0.3, 0.4) is 0 Å². The minimum Gasteiger partial charge on any atom is -0.348 e. The van der Waals surface area contributed by atoms with Gasteiger partial charge in [-0.1, -0.05) is 12.1 Å². The van der Waals surface area contributed by atoms with E-state index in [4.69, 9.17) is 0 Å². The van der Waals surface area contributed by atoms with E-state index in [-0.39, 0.29) is 23.5 Å². The maximum atomic E-state index is 12.2. The van der Waals surface area contributed by atoms with E-state index >= 15 is 0 Å². The number of carbonyl (C=O) groups is 1. The highest BCUT2D eigenvalue weighted by molar-refractivity contribution is 7.91. The second-order valence-electron chi connectivity index (χ2n) is 6.45. The van der Waals surface area contributed by atoms with Gasteiger partial charge >= 0.3 is 0 Å². The van der Waals surface area contributed by atoms with Gasteiger partial charge in [-0.05, 0) is 49.6 Å². The fourth-order valence-corrected chi connectivity index (χ4v) is 4.46. The summed E-state index contributed by atoms with van der Waals surface area (Å²) in [6, 6.07) is 9.23. The number of sulfone groups is 1. The molecule has 6 nitrogen and oxygen atoms in total. The van der Waals surface area contributed by atoms with Crippen LogP contribution < -0.4 is 10.6 Å². The molecule has 1 saturated heterocycles. The summed E-state index contributed by atoms with van der Waals surface area (Å²) in [4.78, 5) is 16.5.